The van der Waals surface area contributed by atoms with Crippen molar-refractivity contribution in [2.75, 3.05) is 20.2 Å². The number of carboxylic acid groups (broad SMARTS) is 1. The lowest BCUT2D eigenvalue weighted by molar-refractivity contribution is -0.146. The summed E-state index contributed by atoms with van der Waals surface area (Å²) in [5, 5.41) is 26.4. The predicted molar refractivity (Wildman–Crippen MR) is 140 cm³/mol. The minimum absolute atomic E-state index is 0.0252. The number of fused-ring (bicyclic) bond motifs is 1. The third kappa shape index (κ3) is 5.08. The average molecular weight is 509 g/mol. The highest BCUT2D eigenvalue weighted by atomic mass is 35.5. The monoisotopic (exact) mass is 508 g/mol. The second-order valence-corrected chi connectivity index (χ2v) is 10.7. The van der Waals surface area contributed by atoms with Crippen molar-refractivity contribution in [3.63, 3.8) is 0 Å². The average Bonchev–Trinajstić information content (AvgIpc) is 2.87. The van der Waals surface area contributed by atoms with Crippen LogP contribution in [0.15, 0.2) is 54.7 Å². The van der Waals surface area contributed by atoms with E-state index < -0.39 is 18.0 Å². The van der Waals surface area contributed by atoms with Crippen LogP contribution in [0.25, 0.3) is 10.9 Å². The molecule has 3 N–H and O–H groups in total. The third-order valence-corrected chi connectivity index (χ3v) is 8.61. The van der Waals surface area contributed by atoms with Gasteiger partial charge in [0, 0.05) is 23.2 Å². The molecule has 4 atom stereocenters. The highest BCUT2D eigenvalue weighted by molar-refractivity contribution is 6.30. The van der Waals surface area contributed by atoms with E-state index in [0.29, 0.717) is 24.8 Å². The Morgan fingerprint density at radius 1 is 1.19 bits per heavy atom. The lowest BCUT2D eigenvalue weighted by atomic mass is 9.59. The number of hydrogen-bond donors (Lipinski definition) is 3. The lowest BCUT2D eigenvalue weighted by Crippen LogP contribution is -2.47. The number of aromatic nitrogens is 1. The summed E-state index contributed by atoms with van der Waals surface area (Å²) in [7, 11) is 1.63. The molecule has 2 fully saturated rings. The van der Waals surface area contributed by atoms with Crippen LogP contribution in [0.5, 0.6) is 5.75 Å². The molecule has 0 spiro atoms. The van der Waals surface area contributed by atoms with Gasteiger partial charge in [0.15, 0.2) is 0 Å². The van der Waals surface area contributed by atoms with Crippen molar-refractivity contribution in [1.82, 2.24) is 10.3 Å². The van der Waals surface area contributed by atoms with Gasteiger partial charge in [-0.05, 0) is 103 Å². The number of aliphatic carboxylic acids is 1. The number of benzene rings is 2. The maximum atomic E-state index is 12.2. The Labute approximate surface area is 216 Å². The van der Waals surface area contributed by atoms with Crippen LogP contribution in [-0.4, -0.2) is 41.4 Å². The maximum absolute atomic E-state index is 12.2. The molecule has 5 rings (SSSR count). The number of piperidine rings is 1. The summed E-state index contributed by atoms with van der Waals surface area (Å²) in [4.78, 5) is 16.6. The third-order valence-electron chi connectivity index (χ3n) is 8.36. The molecule has 6 nitrogen and oxygen atoms in total. The van der Waals surface area contributed by atoms with Crippen LogP contribution in [0.1, 0.15) is 48.8 Å². The maximum Gasteiger partial charge on any atom is 0.308 e. The first-order chi connectivity index (χ1) is 17.4. The van der Waals surface area contributed by atoms with E-state index in [4.69, 9.17) is 16.3 Å². The van der Waals surface area contributed by atoms with Crippen molar-refractivity contribution < 1.29 is 19.7 Å². The number of hydrogen-bond acceptors (Lipinski definition) is 5. The van der Waals surface area contributed by atoms with Gasteiger partial charge in [0.1, 0.15) is 5.75 Å². The number of carboxylic acids is 1. The number of ether oxygens (including phenoxy) is 1. The van der Waals surface area contributed by atoms with E-state index in [1.807, 2.05) is 36.4 Å². The van der Waals surface area contributed by atoms with Crippen LogP contribution in [0.3, 0.4) is 0 Å². The van der Waals surface area contributed by atoms with E-state index in [9.17, 15) is 15.0 Å². The van der Waals surface area contributed by atoms with Crippen LogP contribution < -0.4 is 10.1 Å². The molecule has 7 heteroatoms. The van der Waals surface area contributed by atoms with Gasteiger partial charge in [0.05, 0.1) is 24.6 Å². The number of methoxy groups -OCH3 is 1. The summed E-state index contributed by atoms with van der Waals surface area (Å²) in [6.07, 6.45) is 4.35. The molecule has 1 aromatic heterocycles. The minimum Gasteiger partial charge on any atom is -0.497 e. The largest absolute Gasteiger partial charge is 0.497 e. The Hall–Kier alpha value is -2.67. The van der Waals surface area contributed by atoms with Gasteiger partial charge in [-0.15, -0.1) is 0 Å². The van der Waals surface area contributed by atoms with Gasteiger partial charge in [-0.2, -0.15) is 0 Å². The molecule has 3 aromatic rings. The van der Waals surface area contributed by atoms with E-state index in [-0.39, 0.29) is 11.8 Å². The van der Waals surface area contributed by atoms with E-state index >= 15 is 0 Å². The quantitative estimate of drug-likeness (QED) is 0.375. The highest BCUT2D eigenvalue weighted by Crippen LogP contribution is 2.52. The zero-order valence-corrected chi connectivity index (χ0v) is 21.2. The molecule has 2 aromatic carbocycles. The summed E-state index contributed by atoms with van der Waals surface area (Å²) in [5.41, 5.74) is 2.90. The van der Waals surface area contributed by atoms with Gasteiger partial charge in [-0.3, -0.25) is 9.78 Å². The Bertz CT molecular complexity index is 1210. The predicted octanol–water partition coefficient (Wildman–Crippen LogP) is 5.44. The zero-order chi connectivity index (χ0) is 25.2. The molecule has 0 bridgehead atoms. The fourth-order valence-electron chi connectivity index (χ4n) is 6.35. The van der Waals surface area contributed by atoms with Crippen molar-refractivity contribution >= 4 is 28.5 Å². The Kier molecular flexibility index (Phi) is 7.47. The molecule has 0 radical (unpaired) electrons. The first-order valence-corrected chi connectivity index (χ1v) is 13.1. The molecule has 190 valence electrons. The molecular formula is C29H33ClN2O4. The molecule has 2 unspecified atom stereocenters. The van der Waals surface area contributed by atoms with Gasteiger partial charge < -0.3 is 20.3 Å². The second kappa shape index (κ2) is 10.8. The molecule has 36 heavy (non-hydrogen) atoms. The molecule has 1 saturated heterocycles. The smallest absolute Gasteiger partial charge is 0.308 e. The number of pyridine rings is 1. The van der Waals surface area contributed by atoms with Crippen molar-refractivity contribution in [3.8, 4) is 5.75 Å². The summed E-state index contributed by atoms with van der Waals surface area (Å²) < 4.78 is 5.41. The van der Waals surface area contributed by atoms with Crippen molar-refractivity contribution in [3.05, 3.63) is 70.9 Å². The van der Waals surface area contributed by atoms with E-state index in [1.165, 1.54) is 5.56 Å². The summed E-state index contributed by atoms with van der Waals surface area (Å²) in [5.74, 6) is 0.474. The summed E-state index contributed by atoms with van der Waals surface area (Å²) >= 11 is 6.08. The number of rotatable bonds is 8. The first kappa shape index (κ1) is 25.0. The molecule has 2 heterocycles. The van der Waals surface area contributed by atoms with E-state index in [2.05, 4.69) is 22.4 Å². The van der Waals surface area contributed by atoms with Crippen molar-refractivity contribution in [2.45, 2.75) is 37.7 Å². The summed E-state index contributed by atoms with van der Waals surface area (Å²) in [6, 6.07) is 15.6. The molecule has 1 aliphatic heterocycles. The Morgan fingerprint density at radius 2 is 1.97 bits per heavy atom. The Balaban J connectivity index is 1.41. The molecule has 0 amide bonds. The second-order valence-electron chi connectivity index (χ2n) is 10.3. The van der Waals surface area contributed by atoms with E-state index in [0.717, 1.165) is 53.0 Å². The van der Waals surface area contributed by atoms with Crippen molar-refractivity contribution in [2.24, 2.45) is 23.7 Å². The van der Waals surface area contributed by atoms with Gasteiger partial charge in [0.2, 0.25) is 0 Å². The number of aliphatic hydroxyl groups excluding tert-OH is 1. The van der Waals surface area contributed by atoms with Crippen LogP contribution in [-0.2, 0) is 4.79 Å². The molecular weight excluding hydrogens is 476 g/mol. The number of nitrogens with zero attached hydrogens (tertiary/aromatic N) is 1. The van der Waals surface area contributed by atoms with Crippen LogP contribution in [0.4, 0.5) is 0 Å². The van der Waals surface area contributed by atoms with E-state index in [1.54, 1.807) is 13.3 Å². The van der Waals surface area contributed by atoms with Crippen LogP contribution in [0, 0.1) is 23.7 Å². The Morgan fingerprint density at radius 3 is 2.69 bits per heavy atom. The number of aliphatic hydroxyl groups is 1. The highest BCUT2D eigenvalue weighted by Gasteiger charge is 2.45. The lowest BCUT2D eigenvalue weighted by Gasteiger charge is -2.47. The standard InChI is InChI=1S/C29H33ClN2O4/c1-36-21-6-7-27-25(14-21)23(9-11-32-27)28(33)15-24(22-8-10-31-16-26(22)29(34)35)19-12-18(13-19)17-2-4-20(30)5-3-17/h2-7,9,11,14,18-19,22,24,26,28,31,33H,8,10,12-13,15-16H2,1H3,(H,34,35)/t18?,19?,22?,24-,26?,28-/m1/s1. The van der Waals surface area contributed by atoms with Gasteiger partial charge >= 0.3 is 5.97 Å². The van der Waals surface area contributed by atoms with Crippen LogP contribution in [0.2, 0.25) is 5.02 Å². The van der Waals surface area contributed by atoms with Crippen LogP contribution >= 0.6 is 11.6 Å². The van der Waals surface area contributed by atoms with Gasteiger partial charge in [0.25, 0.3) is 0 Å². The molecule has 1 aliphatic carbocycles. The fourth-order valence-corrected chi connectivity index (χ4v) is 6.47. The van der Waals surface area contributed by atoms with Gasteiger partial charge in [-0.1, -0.05) is 23.7 Å². The molecule has 1 saturated carbocycles. The number of carbonyl (C=O) groups is 1. The minimum atomic E-state index is -0.751. The SMILES string of the molecule is COc1ccc2nccc([C@H](O)C[C@H](C3CC(c4ccc(Cl)cc4)C3)C3CCNCC3C(=O)O)c2c1. The first-order valence-electron chi connectivity index (χ1n) is 12.7. The number of halogens is 1. The topological polar surface area (TPSA) is 91.7 Å². The van der Waals surface area contributed by atoms with Crippen molar-refractivity contribution in [1.29, 1.82) is 0 Å². The number of nitrogens with one attached hydrogen (secondary N) is 1. The fraction of sp³-hybridized carbons (Fsp3) is 0.448. The molecule has 2 aliphatic rings. The summed E-state index contributed by atoms with van der Waals surface area (Å²) in [6.45, 7) is 1.29. The normalized spacial score (nSPS) is 25.6. The zero-order valence-electron chi connectivity index (χ0n) is 20.4. The van der Waals surface area contributed by atoms with Gasteiger partial charge in [-0.25, -0.2) is 0 Å².